The van der Waals surface area contributed by atoms with Gasteiger partial charge in [0.15, 0.2) is 0 Å². The van der Waals surface area contributed by atoms with Gasteiger partial charge in [-0.25, -0.2) is 0 Å². The Morgan fingerprint density at radius 1 is 0.958 bits per heavy atom. The molecule has 3 rings (SSSR count). The summed E-state index contributed by atoms with van der Waals surface area (Å²) < 4.78 is 6.11. The number of rotatable bonds is 2. The predicted molar refractivity (Wildman–Crippen MR) is 93.2 cm³/mol. The molecule has 2 aromatic rings. The van der Waals surface area contributed by atoms with E-state index in [0.717, 1.165) is 29.3 Å². The molecule has 1 heterocycles. The van der Waals surface area contributed by atoms with Gasteiger partial charge in [-0.15, -0.1) is 10.1 Å². The lowest BCUT2D eigenvalue weighted by atomic mass is 9.99. The molecule has 0 fully saturated rings. The van der Waals surface area contributed by atoms with E-state index in [9.17, 15) is 0 Å². The Morgan fingerprint density at radius 3 is 1.67 bits per heavy atom. The van der Waals surface area contributed by atoms with Crippen molar-refractivity contribution < 1.29 is 15.0 Å². The first-order chi connectivity index (χ1) is 11.3. The second-order valence-corrected chi connectivity index (χ2v) is 5.89. The summed E-state index contributed by atoms with van der Waals surface area (Å²) in [4.78, 5) is 12.5. The van der Waals surface area contributed by atoms with Gasteiger partial charge < -0.3 is 19.7 Å². The van der Waals surface area contributed by atoms with Crippen molar-refractivity contribution in [3.8, 4) is 11.5 Å². The molecule has 0 amide bonds. The maximum Gasteiger partial charge on any atom is 0.291 e. The summed E-state index contributed by atoms with van der Waals surface area (Å²) in [6.07, 6.45) is 0.937. The van der Waals surface area contributed by atoms with Crippen molar-refractivity contribution in [3.63, 3.8) is 0 Å². The summed E-state index contributed by atoms with van der Waals surface area (Å²) in [6, 6.07) is 12.8. The van der Waals surface area contributed by atoms with Gasteiger partial charge in [0.05, 0.1) is 0 Å². The Bertz CT molecular complexity index is 685. The molecule has 128 valence electrons. The zero-order valence-electron chi connectivity index (χ0n) is 14.2. The number of ether oxygens (including phenoxy) is 1. The maximum atomic E-state index is 8.36. The van der Waals surface area contributed by atoms with Crippen LogP contribution < -0.4 is 14.5 Å². The van der Waals surface area contributed by atoms with Crippen molar-refractivity contribution >= 4 is 11.4 Å². The second-order valence-electron chi connectivity index (χ2n) is 5.89. The van der Waals surface area contributed by atoms with Gasteiger partial charge in [-0.05, 0) is 23.3 Å². The molecule has 1 N–H and O–H groups in total. The average molecular weight is 331 g/mol. The van der Waals surface area contributed by atoms with E-state index in [1.54, 1.807) is 0 Å². The van der Waals surface area contributed by atoms with E-state index in [1.807, 2.05) is 28.2 Å². The molecule has 0 spiro atoms. The van der Waals surface area contributed by atoms with Gasteiger partial charge in [0.1, 0.15) is 11.5 Å². The molecule has 0 radical (unpaired) electrons. The number of hydrogen-bond acceptors (Lipinski definition) is 5. The molecule has 0 saturated heterocycles. The summed E-state index contributed by atoms with van der Waals surface area (Å²) in [5.74, 6) is 1.94. The first-order valence-electron chi connectivity index (χ1n) is 7.39. The van der Waals surface area contributed by atoms with Gasteiger partial charge in [-0.3, -0.25) is 0 Å². The molecule has 1 aliphatic rings. The normalized spacial score (nSPS) is 11.2. The molecule has 1 aliphatic heterocycles. The standard InChI is InChI=1S/C17H20N2O.HNO3/c1-18(2)14-7-5-12-9-13-6-8-15(19(3)4)11-17(13)20-16(12)10-14;2-1(3)4/h5-8,10-11H,9H2,1-4H3;(H,2,3,4). The number of benzene rings is 2. The van der Waals surface area contributed by atoms with Crippen molar-refractivity contribution in [2.45, 2.75) is 6.42 Å². The topological polar surface area (TPSA) is 79.1 Å². The van der Waals surface area contributed by atoms with Gasteiger partial charge in [-0.1, -0.05) is 12.1 Å². The summed E-state index contributed by atoms with van der Waals surface area (Å²) in [7, 11) is 8.18. The van der Waals surface area contributed by atoms with Gasteiger partial charge in [0.2, 0.25) is 0 Å². The molecule has 0 bridgehead atoms. The monoisotopic (exact) mass is 331 g/mol. The SMILES string of the molecule is CN(C)c1ccc2c(c1)Oc1cc(N(C)C)ccc1C2.O=[N+]([O-])O. The third-order valence-corrected chi connectivity index (χ3v) is 3.74. The molecular weight excluding hydrogens is 310 g/mol. The lowest BCUT2D eigenvalue weighted by Crippen LogP contribution is -2.11. The average Bonchev–Trinajstić information content (AvgIpc) is 2.51. The summed E-state index contributed by atoms with van der Waals surface area (Å²) in [5, 5.41) is 13.6. The molecule has 0 saturated carbocycles. The molecule has 7 heteroatoms. The van der Waals surface area contributed by atoms with E-state index in [1.165, 1.54) is 11.1 Å². The van der Waals surface area contributed by atoms with Crippen LogP contribution >= 0.6 is 0 Å². The fraction of sp³-hybridized carbons (Fsp3) is 0.294. The molecule has 0 aliphatic carbocycles. The van der Waals surface area contributed by atoms with Crippen LogP contribution in [0.2, 0.25) is 0 Å². The van der Waals surface area contributed by atoms with E-state index in [0.29, 0.717) is 0 Å². The van der Waals surface area contributed by atoms with Crippen molar-refractivity contribution in [2.75, 3.05) is 38.0 Å². The van der Waals surface area contributed by atoms with E-state index in [2.05, 4.69) is 46.2 Å². The van der Waals surface area contributed by atoms with Crippen LogP contribution in [0.3, 0.4) is 0 Å². The number of fused-ring (bicyclic) bond motifs is 2. The molecule has 24 heavy (non-hydrogen) atoms. The second kappa shape index (κ2) is 7.08. The van der Waals surface area contributed by atoms with Crippen LogP contribution in [0.1, 0.15) is 11.1 Å². The van der Waals surface area contributed by atoms with Crippen molar-refractivity contribution in [1.82, 2.24) is 0 Å². The molecule has 0 unspecified atom stereocenters. The van der Waals surface area contributed by atoms with Gasteiger partial charge >= 0.3 is 0 Å². The number of anilines is 2. The summed E-state index contributed by atoms with van der Waals surface area (Å²) in [5.41, 5.74) is 4.83. The maximum absolute atomic E-state index is 8.36. The van der Waals surface area contributed by atoms with Crippen LogP contribution in [-0.2, 0) is 6.42 Å². The predicted octanol–water partition coefficient (Wildman–Crippen LogP) is 3.17. The molecule has 2 aromatic carbocycles. The third-order valence-electron chi connectivity index (χ3n) is 3.74. The fourth-order valence-electron chi connectivity index (χ4n) is 2.45. The van der Waals surface area contributed by atoms with Gasteiger partial charge in [0, 0.05) is 58.1 Å². The van der Waals surface area contributed by atoms with E-state index >= 15 is 0 Å². The highest BCUT2D eigenvalue weighted by molar-refractivity contribution is 5.61. The highest BCUT2D eigenvalue weighted by atomic mass is 16.9. The molecular formula is C17H21N3O4. The van der Waals surface area contributed by atoms with Gasteiger partial charge in [-0.2, -0.15) is 0 Å². The molecule has 0 atom stereocenters. The molecule has 7 nitrogen and oxygen atoms in total. The van der Waals surface area contributed by atoms with Crippen molar-refractivity contribution in [1.29, 1.82) is 0 Å². The highest BCUT2D eigenvalue weighted by Gasteiger charge is 2.18. The Morgan fingerprint density at radius 2 is 1.33 bits per heavy atom. The Balaban J connectivity index is 0.000000471. The molecule has 0 aromatic heterocycles. The Hall–Kier alpha value is -2.96. The largest absolute Gasteiger partial charge is 0.457 e. The van der Waals surface area contributed by atoms with Crippen molar-refractivity contribution in [3.05, 3.63) is 57.6 Å². The minimum absolute atomic E-state index is 0.937. The minimum Gasteiger partial charge on any atom is -0.457 e. The smallest absolute Gasteiger partial charge is 0.291 e. The minimum atomic E-state index is -1.50. The van der Waals surface area contributed by atoms with E-state index < -0.39 is 5.09 Å². The number of nitrogens with zero attached hydrogens (tertiary/aromatic N) is 3. The first-order valence-corrected chi connectivity index (χ1v) is 7.39. The lowest BCUT2D eigenvalue weighted by Gasteiger charge is -2.24. The van der Waals surface area contributed by atoms with E-state index in [4.69, 9.17) is 20.1 Å². The van der Waals surface area contributed by atoms with E-state index in [-0.39, 0.29) is 0 Å². The van der Waals surface area contributed by atoms with Crippen LogP contribution in [-0.4, -0.2) is 38.5 Å². The van der Waals surface area contributed by atoms with Crippen LogP contribution in [0.15, 0.2) is 36.4 Å². The Labute approximate surface area is 140 Å². The Kier molecular flexibility index (Phi) is 5.13. The quantitative estimate of drug-likeness (QED) is 0.574. The van der Waals surface area contributed by atoms with Crippen LogP contribution in [0.5, 0.6) is 11.5 Å². The summed E-state index contributed by atoms with van der Waals surface area (Å²) >= 11 is 0. The first kappa shape index (κ1) is 17.4. The third kappa shape index (κ3) is 4.07. The van der Waals surface area contributed by atoms with Crippen LogP contribution in [0, 0.1) is 10.1 Å². The zero-order valence-corrected chi connectivity index (χ0v) is 14.2. The zero-order chi connectivity index (χ0) is 17.9. The fourth-order valence-corrected chi connectivity index (χ4v) is 2.45. The highest BCUT2D eigenvalue weighted by Crippen LogP contribution is 2.39. The van der Waals surface area contributed by atoms with Crippen molar-refractivity contribution in [2.24, 2.45) is 0 Å². The number of hydrogen-bond donors (Lipinski definition) is 1. The van der Waals surface area contributed by atoms with Crippen LogP contribution in [0.25, 0.3) is 0 Å². The summed E-state index contributed by atoms with van der Waals surface area (Å²) in [6.45, 7) is 0. The lowest BCUT2D eigenvalue weighted by molar-refractivity contribution is -0.742. The van der Waals surface area contributed by atoms with Gasteiger partial charge in [0.25, 0.3) is 5.09 Å². The van der Waals surface area contributed by atoms with Crippen LogP contribution in [0.4, 0.5) is 11.4 Å².